The Labute approximate surface area is 193 Å². The van der Waals surface area contributed by atoms with Crippen LogP contribution in [-0.4, -0.2) is 34.1 Å². The first-order chi connectivity index (χ1) is 16.2. The molecule has 6 heteroatoms. The van der Waals surface area contributed by atoms with Crippen LogP contribution in [0.25, 0.3) is 17.0 Å². The van der Waals surface area contributed by atoms with Gasteiger partial charge in [0.2, 0.25) is 0 Å². The fourth-order valence-corrected chi connectivity index (χ4v) is 3.77. The van der Waals surface area contributed by atoms with Crippen LogP contribution in [0.15, 0.2) is 79.3 Å². The molecule has 4 N–H and O–H groups in total. The number of aromatic hydroxyl groups is 1. The molecule has 0 aliphatic carbocycles. The van der Waals surface area contributed by atoms with E-state index >= 15 is 0 Å². The maximum Gasteiger partial charge on any atom is 0.251 e. The van der Waals surface area contributed by atoms with Crippen LogP contribution in [0.4, 0.5) is 0 Å². The first-order valence-electron chi connectivity index (χ1n) is 11.1. The number of hydrogen-bond donors (Lipinski definition) is 4. The van der Waals surface area contributed by atoms with E-state index in [0.29, 0.717) is 18.7 Å². The Kier molecular flexibility index (Phi) is 7.51. The standard InChI is InChI=1S/C27H28N4O2/c32-23-10-11-26-25(16-23)22(19-31-26)12-15-29-18-21-8-1-2-9-24(21)27(33)30-14-4-3-6-20-7-5-13-28-17-20/h1-3,5-11,13,16-17,19,29,31-32H,4,12,14-15,18H2,(H,30,33). The normalized spacial score (nSPS) is 11.3. The molecule has 0 spiro atoms. The van der Waals surface area contributed by atoms with Crippen LogP contribution in [0.5, 0.6) is 5.75 Å². The highest BCUT2D eigenvalue weighted by Gasteiger charge is 2.10. The number of nitrogens with zero attached hydrogens (tertiary/aromatic N) is 1. The zero-order valence-electron chi connectivity index (χ0n) is 18.4. The molecular weight excluding hydrogens is 412 g/mol. The third-order valence-corrected chi connectivity index (χ3v) is 5.49. The van der Waals surface area contributed by atoms with Crippen molar-refractivity contribution < 1.29 is 9.90 Å². The number of benzene rings is 2. The van der Waals surface area contributed by atoms with Gasteiger partial charge in [-0.15, -0.1) is 0 Å². The minimum absolute atomic E-state index is 0.0609. The molecule has 0 bridgehead atoms. The number of phenolic OH excluding ortho intramolecular Hbond substituents is 1. The molecule has 0 atom stereocenters. The number of carbonyl (C=O) groups is 1. The lowest BCUT2D eigenvalue weighted by Gasteiger charge is -2.11. The lowest BCUT2D eigenvalue weighted by Crippen LogP contribution is -2.26. The number of phenols is 1. The Bertz CT molecular complexity index is 1230. The molecule has 0 unspecified atom stereocenters. The Hall–Kier alpha value is -3.90. The molecule has 168 valence electrons. The van der Waals surface area contributed by atoms with Crippen LogP contribution < -0.4 is 10.6 Å². The van der Waals surface area contributed by atoms with E-state index in [1.807, 2.05) is 60.8 Å². The van der Waals surface area contributed by atoms with Crippen molar-refractivity contribution >= 4 is 22.9 Å². The van der Waals surface area contributed by atoms with Crippen molar-refractivity contribution in [3.8, 4) is 5.75 Å². The molecule has 4 rings (SSSR count). The van der Waals surface area contributed by atoms with Gasteiger partial charge in [0.15, 0.2) is 0 Å². The molecule has 0 radical (unpaired) electrons. The van der Waals surface area contributed by atoms with Crippen LogP contribution in [0.3, 0.4) is 0 Å². The van der Waals surface area contributed by atoms with E-state index in [2.05, 4.69) is 20.6 Å². The number of rotatable bonds is 10. The summed E-state index contributed by atoms with van der Waals surface area (Å²) in [5.74, 6) is 0.207. The number of aromatic amines is 1. The van der Waals surface area contributed by atoms with Gasteiger partial charge in [-0.05, 0) is 66.4 Å². The van der Waals surface area contributed by atoms with E-state index in [1.54, 1.807) is 24.5 Å². The minimum Gasteiger partial charge on any atom is -0.508 e. The third kappa shape index (κ3) is 6.08. The van der Waals surface area contributed by atoms with E-state index < -0.39 is 0 Å². The van der Waals surface area contributed by atoms with Gasteiger partial charge < -0.3 is 20.7 Å². The fourth-order valence-electron chi connectivity index (χ4n) is 3.77. The van der Waals surface area contributed by atoms with Gasteiger partial charge in [0, 0.05) is 48.1 Å². The van der Waals surface area contributed by atoms with Gasteiger partial charge >= 0.3 is 0 Å². The van der Waals surface area contributed by atoms with Gasteiger partial charge in [-0.2, -0.15) is 0 Å². The summed E-state index contributed by atoms with van der Waals surface area (Å²) in [4.78, 5) is 20.0. The number of pyridine rings is 1. The maximum absolute atomic E-state index is 12.7. The van der Waals surface area contributed by atoms with Crippen molar-refractivity contribution in [1.82, 2.24) is 20.6 Å². The maximum atomic E-state index is 12.7. The van der Waals surface area contributed by atoms with E-state index in [-0.39, 0.29) is 11.7 Å². The predicted octanol–water partition coefficient (Wildman–Crippen LogP) is 4.43. The number of hydrogen-bond acceptors (Lipinski definition) is 4. The fraction of sp³-hybridized carbons (Fsp3) is 0.185. The summed E-state index contributed by atoms with van der Waals surface area (Å²) in [7, 11) is 0. The molecule has 4 aromatic rings. The summed E-state index contributed by atoms with van der Waals surface area (Å²) in [5.41, 5.74) is 4.87. The molecule has 2 heterocycles. The Morgan fingerprint density at radius 1 is 1.06 bits per heavy atom. The van der Waals surface area contributed by atoms with Gasteiger partial charge in [0.05, 0.1) is 0 Å². The molecule has 33 heavy (non-hydrogen) atoms. The molecular formula is C27H28N4O2. The number of H-pyrrole nitrogens is 1. The lowest BCUT2D eigenvalue weighted by atomic mass is 10.1. The van der Waals surface area contributed by atoms with Crippen molar-refractivity contribution in [2.24, 2.45) is 0 Å². The van der Waals surface area contributed by atoms with E-state index in [0.717, 1.165) is 47.0 Å². The molecule has 0 aliphatic heterocycles. The molecule has 0 saturated carbocycles. The average Bonchev–Trinajstić information content (AvgIpc) is 3.24. The van der Waals surface area contributed by atoms with Crippen molar-refractivity contribution in [3.63, 3.8) is 0 Å². The largest absolute Gasteiger partial charge is 0.508 e. The van der Waals surface area contributed by atoms with Crippen molar-refractivity contribution in [3.05, 3.63) is 102 Å². The van der Waals surface area contributed by atoms with Crippen molar-refractivity contribution in [1.29, 1.82) is 0 Å². The van der Waals surface area contributed by atoms with Gasteiger partial charge in [-0.3, -0.25) is 9.78 Å². The van der Waals surface area contributed by atoms with Crippen molar-refractivity contribution in [2.75, 3.05) is 13.1 Å². The summed E-state index contributed by atoms with van der Waals surface area (Å²) in [6, 6.07) is 16.9. The SMILES string of the molecule is O=C(NCCC=Cc1cccnc1)c1ccccc1CNCCc1c[nH]c2ccc(O)cc12. The highest BCUT2D eigenvalue weighted by Crippen LogP contribution is 2.23. The lowest BCUT2D eigenvalue weighted by molar-refractivity contribution is 0.0953. The second-order valence-electron chi connectivity index (χ2n) is 7.86. The van der Waals surface area contributed by atoms with E-state index in [9.17, 15) is 9.90 Å². The quantitative estimate of drug-likeness (QED) is 0.275. The zero-order chi connectivity index (χ0) is 22.9. The van der Waals surface area contributed by atoms with Gasteiger partial charge in [-0.25, -0.2) is 0 Å². The molecule has 0 fully saturated rings. The van der Waals surface area contributed by atoms with Gasteiger partial charge in [-0.1, -0.05) is 36.4 Å². The van der Waals surface area contributed by atoms with Crippen LogP contribution in [0.2, 0.25) is 0 Å². The molecule has 0 saturated heterocycles. The molecule has 1 amide bonds. The van der Waals surface area contributed by atoms with Crippen LogP contribution in [-0.2, 0) is 13.0 Å². The summed E-state index contributed by atoms with van der Waals surface area (Å²) in [6.07, 6.45) is 11.2. The summed E-state index contributed by atoms with van der Waals surface area (Å²) in [6.45, 7) is 1.95. The van der Waals surface area contributed by atoms with Crippen LogP contribution in [0, 0.1) is 0 Å². The van der Waals surface area contributed by atoms with E-state index in [4.69, 9.17) is 0 Å². The first-order valence-corrected chi connectivity index (χ1v) is 11.1. The highest BCUT2D eigenvalue weighted by atomic mass is 16.3. The Morgan fingerprint density at radius 2 is 1.97 bits per heavy atom. The number of carbonyl (C=O) groups excluding carboxylic acids is 1. The van der Waals surface area contributed by atoms with E-state index in [1.165, 1.54) is 0 Å². The summed E-state index contributed by atoms with van der Waals surface area (Å²) < 4.78 is 0. The molecule has 6 nitrogen and oxygen atoms in total. The average molecular weight is 441 g/mol. The second kappa shape index (κ2) is 11.1. The summed E-state index contributed by atoms with van der Waals surface area (Å²) >= 11 is 0. The third-order valence-electron chi connectivity index (χ3n) is 5.49. The van der Waals surface area contributed by atoms with Crippen molar-refractivity contribution in [2.45, 2.75) is 19.4 Å². The monoisotopic (exact) mass is 440 g/mol. The first kappa shape index (κ1) is 22.3. The zero-order valence-corrected chi connectivity index (χ0v) is 18.4. The Morgan fingerprint density at radius 3 is 2.85 bits per heavy atom. The highest BCUT2D eigenvalue weighted by molar-refractivity contribution is 5.95. The second-order valence-corrected chi connectivity index (χ2v) is 7.86. The predicted molar refractivity (Wildman–Crippen MR) is 132 cm³/mol. The van der Waals surface area contributed by atoms with Gasteiger partial charge in [0.25, 0.3) is 5.91 Å². The number of fused-ring (bicyclic) bond motifs is 1. The minimum atomic E-state index is -0.0609. The number of nitrogens with one attached hydrogen (secondary N) is 3. The van der Waals surface area contributed by atoms with Crippen LogP contribution in [0.1, 0.15) is 33.5 Å². The number of amides is 1. The Balaban J connectivity index is 1.25. The molecule has 0 aliphatic rings. The van der Waals surface area contributed by atoms with Gasteiger partial charge in [0.1, 0.15) is 5.75 Å². The number of aromatic nitrogens is 2. The topological polar surface area (TPSA) is 90.0 Å². The smallest absolute Gasteiger partial charge is 0.251 e. The molecule has 2 aromatic heterocycles. The van der Waals surface area contributed by atoms with Crippen LogP contribution >= 0.6 is 0 Å². The molecule has 2 aromatic carbocycles. The summed E-state index contributed by atoms with van der Waals surface area (Å²) in [5, 5.41) is 17.2.